The van der Waals surface area contributed by atoms with Gasteiger partial charge >= 0.3 is 0 Å². The van der Waals surface area contributed by atoms with Gasteiger partial charge in [0.2, 0.25) is 0 Å². The smallest absolute Gasteiger partial charge is 0.295 e. The topological polar surface area (TPSA) is 167 Å². The number of rotatable bonds is 7. The van der Waals surface area contributed by atoms with Crippen LogP contribution in [-0.4, -0.2) is 44.7 Å². The summed E-state index contributed by atoms with van der Waals surface area (Å²) < 4.78 is 68.1. The van der Waals surface area contributed by atoms with Crippen LogP contribution in [0.4, 0.5) is 11.4 Å². The molecule has 0 heterocycles. The van der Waals surface area contributed by atoms with Crippen molar-refractivity contribution in [2.45, 2.75) is 16.7 Å². The molecule has 4 aromatic rings. The van der Waals surface area contributed by atoms with Gasteiger partial charge in [-0.25, -0.2) is 0 Å². The van der Waals surface area contributed by atoms with Crippen LogP contribution in [0.3, 0.4) is 0 Å². The molecular weight excluding hydrogens is 532 g/mol. The molecule has 1 amide bonds. The number of carbonyl (C=O) groups excluding carboxylic acids is 2. The van der Waals surface area contributed by atoms with E-state index in [9.17, 15) is 35.5 Å². The average molecular weight is 555 g/mol. The van der Waals surface area contributed by atoms with Gasteiger partial charge in [0.15, 0.2) is 5.78 Å². The molecule has 0 radical (unpaired) electrons. The fourth-order valence-electron chi connectivity index (χ4n) is 3.96. The SMILES string of the molecule is CNc1ccc(-c2ccc(NC(=O)c3ccc4cc(C(C)=O)ccc4c3)cc2S(=O)(=O)O)c(S(=O)(=O)O)c1. The zero-order valence-corrected chi connectivity index (χ0v) is 21.7. The van der Waals surface area contributed by atoms with Crippen molar-refractivity contribution in [1.29, 1.82) is 0 Å². The molecule has 0 aromatic heterocycles. The van der Waals surface area contributed by atoms with Crippen molar-refractivity contribution in [3.8, 4) is 11.1 Å². The Morgan fingerprint density at radius 3 is 1.63 bits per heavy atom. The number of anilines is 2. The molecule has 196 valence electrons. The van der Waals surface area contributed by atoms with E-state index in [1.807, 2.05) is 0 Å². The summed E-state index contributed by atoms with van der Waals surface area (Å²) in [6.45, 7) is 1.45. The van der Waals surface area contributed by atoms with Gasteiger partial charge in [0.05, 0.1) is 0 Å². The molecule has 10 nitrogen and oxygen atoms in total. The lowest BCUT2D eigenvalue weighted by atomic mass is 10.0. The number of Topliss-reactive ketones (excluding diaryl/α,β-unsaturated/α-hetero) is 1. The molecule has 4 rings (SSSR count). The second kappa shape index (κ2) is 9.99. The lowest BCUT2D eigenvalue weighted by Crippen LogP contribution is -2.13. The quantitative estimate of drug-likeness (QED) is 0.190. The van der Waals surface area contributed by atoms with Crippen molar-refractivity contribution in [2.75, 3.05) is 17.7 Å². The molecule has 12 heteroatoms. The first kappa shape index (κ1) is 26.9. The van der Waals surface area contributed by atoms with E-state index in [2.05, 4.69) is 10.6 Å². The molecule has 0 aliphatic heterocycles. The minimum absolute atomic E-state index is 0.0126. The summed E-state index contributed by atoms with van der Waals surface area (Å²) in [5, 5.41) is 6.75. The number of nitrogens with one attached hydrogen (secondary N) is 2. The van der Waals surface area contributed by atoms with Crippen LogP contribution < -0.4 is 10.6 Å². The van der Waals surface area contributed by atoms with Crippen LogP contribution in [0, 0.1) is 0 Å². The van der Waals surface area contributed by atoms with Gasteiger partial charge in [-0.3, -0.25) is 18.7 Å². The number of fused-ring (bicyclic) bond motifs is 1. The molecule has 0 aliphatic carbocycles. The molecule has 38 heavy (non-hydrogen) atoms. The van der Waals surface area contributed by atoms with Crippen LogP contribution >= 0.6 is 0 Å². The van der Waals surface area contributed by atoms with Crippen molar-refractivity contribution in [3.63, 3.8) is 0 Å². The standard InChI is InChI=1S/C26H22N2O8S2/c1-15(29)16-3-4-18-12-19(6-5-17(18)11-16)26(30)28-21-8-10-23(25(14-21)38(34,35)36)22-9-7-20(27-2)13-24(22)37(31,32)33/h3-14,27H,1-2H3,(H,28,30)(H,31,32,33)(H,34,35,36). The number of benzene rings is 4. The summed E-state index contributed by atoms with van der Waals surface area (Å²) in [6.07, 6.45) is 0. The van der Waals surface area contributed by atoms with Crippen molar-refractivity contribution in [2.24, 2.45) is 0 Å². The van der Waals surface area contributed by atoms with Crippen LogP contribution in [0.15, 0.2) is 82.6 Å². The molecule has 0 spiro atoms. The van der Waals surface area contributed by atoms with Gasteiger partial charge in [-0.05, 0) is 60.2 Å². The zero-order valence-electron chi connectivity index (χ0n) is 20.1. The molecular formula is C26H22N2O8S2. The first-order chi connectivity index (χ1) is 17.8. The molecule has 0 saturated carbocycles. The van der Waals surface area contributed by atoms with Crippen LogP contribution in [0.5, 0.6) is 0 Å². The van der Waals surface area contributed by atoms with Gasteiger partial charge in [-0.2, -0.15) is 16.8 Å². The van der Waals surface area contributed by atoms with E-state index in [1.165, 1.54) is 38.2 Å². The minimum Gasteiger partial charge on any atom is -0.388 e. The van der Waals surface area contributed by atoms with Gasteiger partial charge in [0.25, 0.3) is 26.1 Å². The van der Waals surface area contributed by atoms with E-state index in [-0.39, 0.29) is 28.2 Å². The summed E-state index contributed by atoms with van der Waals surface area (Å²) in [7, 11) is -8.13. The lowest BCUT2D eigenvalue weighted by Gasteiger charge is -2.14. The highest BCUT2D eigenvalue weighted by molar-refractivity contribution is 7.86. The first-order valence-corrected chi connectivity index (χ1v) is 13.9. The van der Waals surface area contributed by atoms with Gasteiger partial charge in [-0.1, -0.05) is 30.3 Å². The third kappa shape index (κ3) is 5.58. The Labute approximate surface area is 218 Å². The second-order valence-corrected chi connectivity index (χ2v) is 11.2. The van der Waals surface area contributed by atoms with Crippen molar-refractivity contribution >= 4 is 54.1 Å². The highest BCUT2D eigenvalue weighted by Gasteiger charge is 2.24. The number of hydrogen-bond donors (Lipinski definition) is 4. The maximum atomic E-state index is 12.9. The monoisotopic (exact) mass is 554 g/mol. The summed E-state index contributed by atoms with van der Waals surface area (Å²) >= 11 is 0. The minimum atomic E-state index is -4.89. The fourth-order valence-corrected chi connectivity index (χ4v) is 5.42. The van der Waals surface area contributed by atoms with Gasteiger partial charge in [-0.15, -0.1) is 0 Å². The summed E-state index contributed by atoms with van der Waals surface area (Å²) in [5.41, 5.74) is 0.765. The van der Waals surface area contributed by atoms with Gasteiger partial charge < -0.3 is 10.6 Å². The normalized spacial score (nSPS) is 11.8. The average Bonchev–Trinajstić information content (AvgIpc) is 2.86. The lowest BCUT2D eigenvalue weighted by molar-refractivity contribution is 0.101. The number of amides is 1. The third-order valence-electron chi connectivity index (χ3n) is 5.86. The molecule has 0 bridgehead atoms. The molecule has 0 aliphatic rings. The van der Waals surface area contributed by atoms with Crippen LogP contribution in [-0.2, 0) is 20.2 Å². The van der Waals surface area contributed by atoms with Crippen LogP contribution in [0.2, 0.25) is 0 Å². The maximum Gasteiger partial charge on any atom is 0.295 e. The van der Waals surface area contributed by atoms with E-state index in [0.29, 0.717) is 16.6 Å². The Balaban J connectivity index is 1.74. The van der Waals surface area contributed by atoms with E-state index < -0.39 is 35.9 Å². The summed E-state index contributed by atoms with van der Waals surface area (Å²) in [4.78, 5) is 23.3. The fraction of sp³-hybridized carbons (Fsp3) is 0.0769. The molecule has 0 atom stereocenters. The van der Waals surface area contributed by atoms with Gasteiger partial charge in [0.1, 0.15) is 9.79 Å². The molecule has 0 fully saturated rings. The van der Waals surface area contributed by atoms with E-state index >= 15 is 0 Å². The van der Waals surface area contributed by atoms with Crippen molar-refractivity contribution < 1.29 is 35.5 Å². The van der Waals surface area contributed by atoms with Crippen LogP contribution in [0.1, 0.15) is 27.6 Å². The maximum absolute atomic E-state index is 12.9. The van der Waals surface area contributed by atoms with E-state index in [1.54, 1.807) is 36.4 Å². The number of hydrogen-bond acceptors (Lipinski definition) is 7. The summed E-state index contributed by atoms with van der Waals surface area (Å²) in [5.74, 6) is -0.665. The van der Waals surface area contributed by atoms with Gasteiger partial charge in [0, 0.05) is 40.7 Å². The second-order valence-electron chi connectivity index (χ2n) is 8.41. The third-order valence-corrected chi connectivity index (χ3v) is 7.65. The number of carbonyl (C=O) groups is 2. The van der Waals surface area contributed by atoms with Crippen molar-refractivity contribution in [3.05, 3.63) is 83.9 Å². The Hall–Kier alpha value is -4.10. The van der Waals surface area contributed by atoms with Crippen molar-refractivity contribution in [1.82, 2.24) is 0 Å². The predicted octanol–water partition coefficient (Wildman–Crippen LogP) is 4.50. The van der Waals surface area contributed by atoms with E-state index in [0.717, 1.165) is 17.5 Å². The van der Waals surface area contributed by atoms with Crippen LogP contribution in [0.25, 0.3) is 21.9 Å². The predicted molar refractivity (Wildman–Crippen MR) is 143 cm³/mol. The highest BCUT2D eigenvalue weighted by atomic mass is 32.2. The molecule has 0 saturated heterocycles. The Morgan fingerprint density at radius 1 is 0.658 bits per heavy atom. The summed E-state index contributed by atoms with van der Waals surface area (Å²) in [6, 6.07) is 17.3. The molecule has 4 aromatic carbocycles. The Morgan fingerprint density at radius 2 is 1.13 bits per heavy atom. The highest BCUT2D eigenvalue weighted by Crippen LogP contribution is 2.35. The number of ketones is 1. The zero-order chi connectivity index (χ0) is 27.8. The molecule has 0 unspecified atom stereocenters. The first-order valence-electron chi connectivity index (χ1n) is 11.1. The Kier molecular flexibility index (Phi) is 7.08. The molecule has 4 N–H and O–H groups in total. The largest absolute Gasteiger partial charge is 0.388 e. The van der Waals surface area contributed by atoms with E-state index in [4.69, 9.17) is 0 Å². The Bertz CT molecular complexity index is 1830.